The van der Waals surface area contributed by atoms with Crippen LogP contribution in [0.1, 0.15) is 10.4 Å². The van der Waals surface area contributed by atoms with Crippen molar-refractivity contribution in [1.82, 2.24) is 9.97 Å². The van der Waals surface area contributed by atoms with Crippen LogP contribution in [-0.4, -0.2) is 32.6 Å². The predicted octanol–water partition coefficient (Wildman–Crippen LogP) is 0.305. The third-order valence-corrected chi connectivity index (χ3v) is 3.39. The molecule has 0 bridgehead atoms. The summed E-state index contributed by atoms with van der Waals surface area (Å²) in [5.41, 5.74) is 5.20. The average molecular weight is 320 g/mol. The van der Waals surface area contributed by atoms with Gasteiger partial charge in [-0.15, -0.1) is 0 Å². The number of aromatic hydroxyl groups is 1. The standard InChI is InChI=1S/C13H12N4O4S/c14-12(21)7-3-1-2-4-8(7)15-11(20)6-22-13-16-9(18)5-10(19)17-13/h1-5H,6H2,(H2,14,21)(H,15,20)(H2,16,17,18,19). The van der Waals surface area contributed by atoms with Gasteiger partial charge in [-0.2, -0.15) is 4.98 Å². The fraction of sp³-hybridized carbons (Fsp3) is 0.0769. The topological polar surface area (TPSA) is 138 Å². The van der Waals surface area contributed by atoms with E-state index in [1.165, 1.54) is 6.07 Å². The van der Waals surface area contributed by atoms with E-state index in [1.807, 2.05) is 0 Å². The van der Waals surface area contributed by atoms with E-state index in [4.69, 9.17) is 5.73 Å². The molecular formula is C13H12N4O4S. The van der Waals surface area contributed by atoms with Gasteiger partial charge in [0.2, 0.25) is 11.8 Å². The number of H-pyrrole nitrogens is 1. The van der Waals surface area contributed by atoms with Crippen LogP contribution >= 0.6 is 11.8 Å². The van der Waals surface area contributed by atoms with Gasteiger partial charge in [0, 0.05) is 0 Å². The number of anilines is 1. The molecule has 0 aliphatic rings. The Morgan fingerprint density at radius 1 is 1.36 bits per heavy atom. The molecule has 0 atom stereocenters. The van der Waals surface area contributed by atoms with Crippen LogP contribution in [0.2, 0.25) is 0 Å². The van der Waals surface area contributed by atoms with Crippen LogP contribution in [0.5, 0.6) is 5.88 Å². The first-order valence-electron chi connectivity index (χ1n) is 6.07. The molecule has 9 heteroatoms. The first-order valence-corrected chi connectivity index (χ1v) is 7.06. The summed E-state index contributed by atoms with van der Waals surface area (Å²) in [5.74, 6) is -1.56. The maximum Gasteiger partial charge on any atom is 0.255 e. The van der Waals surface area contributed by atoms with Gasteiger partial charge in [0.25, 0.3) is 11.5 Å². The second-order valence-electron chi connectivity index (χ2n) is 4.16. The number of rotatable bonds is 5. The van der Waals surface area contributed by atoms with Gasteiger partial charge in [0.05, 0.1) is 23.1 Å². The Morgan fingerprint density at radius 3 is 2.77 bits per heavy atom. The lowest BCUT2D eigenvalue weighted by Crippen LogP contribution is -2.19. The minimum Gasteiger partial charge on any atom is -0.493 e. The van der Waals surface area contributed by atoms with Crippen molar-refractivity contribution in [3.8, 4) is 5.88 Å². The number of nitrogens with two attached hydrogens (primary N) is 1. The Morgan fingerprint density at radius 2 is 2.09 bits per heavy atom. The molecule has 114 valence electrons. The number of nitrogens with zero attached hydrogens (tertiary/aromatic N) is 1. The average Bonchev–Trinajstić information content (AvgIpc) is 2.44. The summed E-state index contributed by atoms with van der Waals surface area (Å²) < 4.78 is 0. The zero-order valence-electron chi connectivity index (χ0n) is 11.2. The molecule has 1 heterocycles. The number of carbonyl (C=O) groups is 2. The molecule has 0 saturated carbocycles. The normalized spacial score (nSPS) is 10.2. The zero-order valence-corrected chi connectivity index (χ0v) is 12.0. The van der Waals surface area contributed by atoms with Crippen LogP contribution < -0.4 is 16.6 Å². The van der Waals surface area contributed by atoms with Gasteiger partial charge in [-0.1, -0.05) is 23.9 Å². The third-order valence-electron chi connectivity index (χ3n) is 2.51. The van der Waals surface area contributed by atoms with Crippen LogP contribution in [0.4, 0.5) is 5.69 Å². The second-order valence-corrected chi connectivity index (χ2v) is 5.12. The van der Waals surface area contributed by atoms with E-state index in [1.54, 1.807) is 18.2 Å². The number of aromatic amines is 1. The monoisotopic (exact) mass is 320 g/mol. The van der Waals surface area contributed by atoms with Gasteiger partial charge < -0.3 is 21.1 Å². The summed E-state index contributed by atoms with van der Waals surface area (Å²) >= 11 is 0.935. The number of primary amides is 1. The summed E-state index contributed by atoms with van der Waals surface area (Å²) in [4.78, 5) is 40.3. The first-order chi connectivity index (χ1) is 10.5. The van der Waals surface area contributed by atoms with Gasteiger partial charge in [-0.05, 0) is 12.1 Å². The van der Waals surface area contributed by atoms with E-state index in [0.29, 0.717) is 5.69 Å². The molecule has 5 N–H and O–H groups in total. The van der Waals surface area contributed by atoms with Crippen molar-refractivity contribution in [2.24, 2.45) is 5.73 Å². The van der Waals surface area contributed by atoms with Gasteiger partial charge in [-0.25, -0.2) is 0 Å². The molecule has 0 spiro atoms. The number of benzene rings is 1. The lowest BCUT2D eigenvalue weighted by atomic mass is 10.1. The quantitative estimate of drug-likeness (QED) is 0.462. The predicted molar refractivity (Wildman–Crippen MR) is 80.8 cm³/mol. The van der Waals surface area contributed by atoms with Crippen molar-refractivity contribution in [1.29, 1.82) is 0 Å². The number of thioether (sulfide) groups is 1. The molecule has 0 fully saturated rings. The number of nitrogens with one attached hydrogen (secondary N) is 2. The molecule has 0 saturated heterocycles. The number of hydrogen-bond acceptors (Lipinski definition) is 6. The maximum atomic E-state index is 11.9. The minimum atomic E-state index is -0.650. The Labute approximate surface area is 128 Å². The van der Waals surface area contributed by atoms with Crippen molar-refractivity contribution < 1.29 is 14.7 Å². The number of carbonyl (C=O) groups excluding carboxylic acids is 2. The van der Waals surface area contributed by atoms with Crippen LogP contribution in [-0.2, 0) is 4.79 Å². The number of amides is 2. The van der Waals surface area contributed by atoms with Gasteiger partial charge in [0.1, 0.15) is 0 Å². The third kappa shape index (κ3) is 4.09. The SMILES string of the molecule is NC(=O)c1ccccc1NC(=O)CSc1nc(O)cc(=O)[nH]1. The maximum absolute atomic E-state index is 11.9. The fourth-order valence-corrected chi connectivity index (χ4v) is 2.29. The number of hydrogen-bond donors (Lipinski definition) is 4. The highest BCUT2D eigenvalue weighted by Gasteiger charge is 2.11. The Balaban J connectivity index is 2.02. The number of aromatic nitrogens is 2. The van der Waals surface area contributed by atoms with E-state index in [-0.39, 0.29) is 16.5 Å². The molecule has 2 aromatic rings. The molecule has 8 nitrogen and oxygen atoms in total. The molecule has 0 unspecified atom stereocenters. The van der Waals surface area contributed by atoms with Gasteiger partial charge in [-0.3, -0.25) is 14.4 Å². The molecule has 1 aromatic heterocycles. The van der Waals surface area contributed by atoms with Crippen molar-refractivity contribution in [2.75, 3.05) is 11.1 Å². The summed E-state index contributed by atoms with van der Waals surface area (Å²) in [7, 11) is 0. The minimum absolute atomic E-state index is 0.0700. The number of para-hydroxylation sites is 1. The second kappa shape index (κ2) is 6.76. The molecular weight excluding hydrogens is 308 g/mol. The molecule has 22 heavy (non-hydrogen) atoms. The van der Waals surface area contributed by atoms with Crippen LogP contribution in [0, 0.1) is 0 Å². The molecule has 2 amide bonds. The van der Waals surface area contributed by atoms with Crippen molar-refractivity contribution in [2.45, 2.75) is 5.16 Å². The lowest BCUT2D eigenvalue weighted by molar-refractivity contribution is -0.113. The Bertz CT molecular complexity index is 775. The van der Waals surface area contributed by atoms with Crippen molar-refractivity contribution in [3.63, 3.8) is 0 Å². The molecule has 0 radical (unpaired) electrons. The molecule has 0 aliphatic carbocycles. The van der Waals surface area contributed by atoms with Gasteiger partial charge >= 0.3 is 0 Å². The van der Waals surface area contributed by atoms with Gasteiger partial charge in [0.15, 0.2) is 5.16 Å². The molecule has 1 aromatic carbocycles. The van der Waals surface area contributed by atoms with Crippen LogP contribution in [0.3, 0.4) is 0 Å². The summed E-state index contributed by atoms with van der Waals surface area (Å²) in [5, 5.41) is 11.9. The molecule has 0 aliphatic heterocycles. The summed E-state index contributed by atoms with van der Waals surface area (Å²) in [6.45, 7) is 0. The fourth-order valence-electron chi connectivity index (χ4n) is 1.62. The summed E-state index contributed by atoms with van der Waals surface area (Å²) in [6.07, 6.45) is 0. The van der Waals surface area contributed by atoms with Crippen molar-refractivity contribution >= 4 is 29.3 Å². The van der Waals surface area contributed by atoms with E-state index in [9.17, 15) is 19.5 Å². The highest BCUT2D eigenvalue weighted by Crippen LogP contribution is 2.17. The zero-order chi connectivity index (χ0) is 16.1. The Kier molecular flexibility index (Phi) is 4.79. The van der Waals surface area contributed by atoms with E-state index in [0.717, 1.165) is 17.8 Å². The van der Waals surface area contributed by atoms with Crippen LogP contribution in [0.25, 0.3) is 0 Å². The summed E-state index contributed by atoms with van der Waals surface area (Å²) in [6, 6.07) is 7.26. The van der Waals surface area contributed by atoms with Crippen molar-refractivity contribution in [3.05, 3.63) is 46.2 Å². The largest absolute Gasteiger partial charge is 0.493 e. The first kappa shape index (κ1) is 15.6. The smallest absolute Gasteiger partial charge is 0.255 e. The van der Waals surface area contributed by atoms with Crippen LogP contribution in [0.15, 0.2) is 40.3 Å². The van der Waals surface area contributed by atoms with E-state index < -0.39 is 23.3 Å². The highest BCUT2D eigenvalue weighted by molar-refractivity contribution is 7.99. The Hall–Kier alpha value is -2.81. The molecule has 2 rings (SSSR count). The lowest BCUT2D eigenvalue weighted by Gasteiger charge is -2.08. The van der Waals surface area contributed by atoms with E-state index in [2.05, 4.69) is 15.3 Å². The van der Waals surface area contributed by atoms with E-state index >= 15 is 0 Å². The highest BCUT2D eigenvalue weighted by atomic mass is 32.2.